The van der Waals surface area contributed by atoms with Crippen LogP contribution in [0.1, 0.15) is 30.4 Å². The van der Waals surface area contributed by atoms with Crippen LogP contribution in [0, 0.1) is 17.0 Å². The van der Waals surface area contributed by atoms with Gasteiger partial charge in [-0.3, -0.25) is 14.9 Å². The number of nitro benzene ring substituents is 1. The monoisotopic (exact) mass is 277 g/mol. The van der Waals surface area contributed by atoms with Gasteiger partial charge in [0.1, 0.15) is 0 Å². The molecule has 2 N–H and O–H groups in total. The van der Waals surface area contributed by atoms with E-state index in [-0.39, 0.29) is 11.6 Å². The highest BCUT2D eigenvalue weighted by atomic mass is 16.6. The number of nitrogens with zero attached hydrogens (tertiary/aromatic N) is 1. The predicted molar refractivity (Wildman–Crippen MR) is 75.3 cm³/mol. The minimum atomic E-state index is -0.403. The van der Waals surface area contributed by atoms with Crippen molar-refractivity contribution in [3.8, 4) is 0 Å². The summed E-state index contributed by atoms with van der Waals surface area (Å²) < 4.78 is 0. The first kappa shape index (κ1) is 14.5. The molecule has 0 radical (unpaired) electrons. The molecule has 1 saturated carbocycles. The zero-order valence-electron chi connectivity index (χ0n) is 11.5. The van der Waals surface area contributed by atoms with Gasteiger partial charge in [-0.1, -0.05) is 12.1 Å². The Kier molecular flexibility index (Phi) is 4.68. The number of hydrogen-bond acceptors (Lipinski definition) is 4. The summed E-state index contributed by atoms with van der Waals surface area (Å²) in [7, 11) is 0. The lowest BCUT2D eigenvalue weighted by Gasteiger charge is -2.08. The number of nitrogens with one attached hydrogen (secondary N) is 2. The van der Waals surface area contributed by atoms with Crippen molar-refractivity contribution in [2.75, 3.05) is 6.54 Å². The molecule has 1 fully saturated rings. The summed E-state index contributed by atoms with van der Waals surface area (Å²) in [5.41, 5.74) is 1.48. The number of carbonyl (C=O) groups excluding carboxylic acids is 1. The van der Waals surface area contributed by atoms with Crippen molar-refractivity contribution in [3.63, 3.8) is 0 Å². The van der Waals surface area contributed by atoms with Crippen molar-refractivity contribution < 1.29 is 9.72 Å². The second-order valence-electron chi connectivity index (χ2n) is 5.07. The van der Waals surface area contributed by atoms with Crippen molar-refractivity contribution in [1.29, 1.82) is 0 Å². The largest absolute Gasteiger partial charge is 0.352 e. The fourth-order valence-corrected chi connectivity index (χ4v) is 2.02. The van der Waals surface area contributed by atoms with Gasteiger partial charge in [0, 0.05) is 37.2 Å². The lowest BCUT2D eigenvalue weighted by Crippen LogP contribution is -2.28. The summed E-state index contributed by atoms with van der Waals surface area (Å²) in [5, 5.41) is 16.9. The average Bonchev–Trinajstić information content (AvgIpc) is 3.21. The van der Waals surface area contributed by atoms with Crippen molar-refractivity contribution in [2.45, 2.75) is 38.8 Å². The highest BCUT2D eigenvalue weighted by molar-refractivity contribution is 5.76. The van der Waals surface area contributed by atoms with E-state index in [1.54, 1.807) is 19.1 Å². The summed E-state index contributed by atoms with van der Waals surface area (Å²) >= 11 is 0. The van der Waals surface area contributed by atoms with E-state index in [1.165, 1.54) is 18.9 Å². The second-order valence-corrected chi connectivity index (χ2v) is 5.07. The summed E-state index contributed by atoms with van der Waals surface area (Å²) in [6.07, 6.45) is 2.84. The Hall–Kier alpha value is -1.95. The minimum Gasteiger partial charge on any atom is -0.352 e. The maximum atomic E-state index is 11.7. The Bertz CT molecular complexity index is 512. The van der Waals surface area contributed by atoms with Crippen LogP contribution in [0.4, 0.5) is 5.69 Å². The molecule has 1 aliphatic rings. The molecule has 1 aromatic carbocycles. The van der Waals surface area contributed by atoms with E-state index in [1.807, 2.05) is 0 Å². The average molecular weight is 277 g/mol. The van der Waals surface area contributed by atoms with Crippen LogP contribution in [0.3, 0.4) is 0 Å². The third kappa shape index (κ3) is 4.03. The summed E-state index contributed by atoms with van der Waals surface area (Å²) in [5.74, 6) is -0.0379. The molecule has 0 aliphatic heterocycles. The van der Waals surface area contributed by atoms with E-state index in [2.05, 4.69) is 10.6 Å². The predicted octanol–water partition coefficient (Wildman–Crippen LogP) is 1.66. The number of nitro groups is 1. The minimum absolute atomic E-state index is 0.0379. The number of amides is 1. The van der Waals surface area contributed by atoms with Crippen molar-refractivity contribution in [2.24, 2.45) is 0 Å². The van der Waals surface area contributed by atoms with Crippen LogP contribution in [0.5, 0.6) is 0 Å². The first-order chi connectivity index (χ1) is 9.58. The van der Waals surface area contributed by atoms with E-state index in [0.717, 1.165) is 5.56 Å². The van der Waals surface area contributed by atoms with Gasteiger partial charge < -0.3 is 10.6 Å². The standard InChI is InChI=1S/C14H19N3O3/c1-10-11(3-2-4-13(10)17(19)20)9-16-14(18)7-8-15-12-5-6-12/h2-4,12,15H,5-9H2,1H3,(H,16,18). The molecule has 2 rings (SSSR count). The Morgan fingerprint density at radius 3 is 2.85 bits per heavy atom. The number of hydrogen-bond donors (Lipinski definition) is 2. The van der Waals surface area contributed by atoms with E-state index in [0.29, 0.717) is 31.1 Å². The molecule has 0 unspecified atom stereocenters. The normalized spacial score (nSPS) is 14.1. The molecule has 1 aromatic rings. The summed E-state index contributed by atoms with van der Waals surface area (Å²) in [6.45, 7) is 2.72. The highest BCUT2D eigenvalue weighted by Gasteiger charge is 2.20. The van der Waals surface area contributed by atoms with Crippen LogP contribution in [-0.2, 0) is 11.3 Å². The van der Waals surface area contributed by atoms with E-state index < -0.39 is 4.92 Å². The molecule has 20 heavy (non-hydrogen) atoms. The second kappa shape index (κ2) is 6.47. The molecule has 6 nitrogen and oxygen atoms in total. The van der Waals surface area contributed by atoms with Gasteiger partial charge in [-0.2, -0.15) is 0 Å². The van der Waals surface area contributed by atoms with E-state index in [9.17, 15) is 14.9 Å². The van der Waals surface area contributed by atoms with Crippen LogP contribution in [0.25, 0.3) is 0 Å². The Balaban J connectivity index is 1.81. The first-order valence-electron chi connectivity index (χ1n) is 6.81. The molecule has 0 aromatic heterocycles. The summed E-state index contributed by atoms with van der Waals surface area (Å²) in [4.78, 5) is 22.1. The van der Waals surface area contributed by atoms with Crippen LogP contribution in [-0.4, -0.2) is 23.4 Å². The van der Waals surface area contributed by atoms with Crippen LogP contribution in [0.2, 0.25) is 0 Å². The smallest absolute Gasteiger partial charge is 0.272 e. The van der Waals surface area contributed by atoms with Crippen LogP contribution < -0.4 is 10.6 Å². The molecule has 1 aliphatic carbocycles. The number of carbonyl (C=O) groups is 1. The molecule has 0 bridgehead atoms. The zero-order valence-corrected chi connectivity index (χ0v) is 11.5. The van der Waals surface area contributed by atoms with Gasteiger partial charge in [0.25, 0.3) is 5.69 Å². The third-order valence-electron chi connectivity index (χ3n) is 3.45. The fourth-order valence-electron chi connectivity index (χ4n) is 2.02. The zero-order chi connectivity index (χ0) is 14.5. The van der Waals surface area contributed by atoms with Crippen LogP contribution >= 0.6 is 0 Å². The molecule has 6 heteroatoms. The first-order valence-corrected chi connectivity index (χ1v) is 6.81. The lowest BCUT2D eigenvalue weighted by molar-refractivity contribution is -0.385. The van der Waals surface area contributed by atoms with Crippen molar-refractivity contribution in [1.82, 2.24) is 10.6 Å². The molecule has 0 heterocycles. The molecular formula is C14H19N3O3. The topological polar surface area (TPSA) is 84.3 Å². The number of rotatable bonds is 7. The maximum absolute atomic E-state index is 11.7. The van der Waals surface area contributed by atoms with Gasteiger partial charge in [-0.25, -0.2) is 0 Å². The Labute approximate surface area is 117 Å². The number of benzene rings is 1. The van der Waals surface area contributed by atoms with Crippen molar-refractivity contribution in [3.05, 3.63) is 39.4 Å². The Morgan fingerprint density at radius 2 is 2.20 bits per heavy atom. The van der Waals surface area contributed by atoms with Gasteiger partial charge in [0.05, 0.1) is 4.92 Å². The summed E-state index contributed by atoms with van der Waals surface area (Å²) in [6, 6.07) is 5.51. The highest BCUT2D eigenvalue weighted by Crippen LogP contribution is 2.21. The SMILES string of the molecule is Cc1c(CNC(=O)CCNC2CC2)cccc1[N+](=O)[O-]. The molecular weight excluding hydrogens is 258 g/mol. The van der Waals surface area contributed by atoms with E-state index >= 15 is 0 Å². The lowest BCUT2D eigenvalue weighted by atomic mass is 10.1. The molecule has 1 amide bonds. The van der Waals surface area contributed by atoms with Crippen LogP contribution in [0.15, 0.2) is 18.2 Å². The fraction of sp³-hybridized carbons (Fsp3) is 0.500. The van der Waals surface area contributed by atoms with Gasteiger partial charge in [0.2, 0.25) is 5.91 Å². The van der Waals surface area contributed by atoms with Gasteiger partial charge in [-0.15, -0.1) is 0 Å². The Morgan fingerprint density at radius 1 is 1.45 bits per heavy atom. The quantitative estimate of drug-likeness (QED) is 0.586. The molecule has 0 spiro atoms. The van der Waals surface area contributed by atoms with Gasteiger partial charge in [0.15, 0.2) is 0 Å². The molecule has 108 valence electrons. The van der Waals surface area contributed by atoms with Crippen molar-refractivity contribution >= 4 is 11.6 Å². The third-order valence-corrected chi connectivity index (χ3v) is 3.45. The van der Waals surface area contributed by atoms with Gasteiger partial charge >= 0.3 is 0 Å². The molecule has 0 atom stereocenters. The maximum Gasteiger partial charge on any atom is 0.272 e. The van der Waals surface area contributed by atoms with Gasteiger partial charge in [-0.05, 0) is 25.3 Å². The molecule has 0 saturated heterocycles. The van der Waals surface area contributed by atoms with E-state index in [4.69, 9.17) is 0 Å².